The van der Waals surface area contributed by atoms with Crippen LogP contribution in [0.2, 0.25) is 0 Å². The molecule has 0 aliphatic heterocycles. The Balaban J connectivity index is 0.000000222. The van der Waals surface area contributed by atoms with Crippen molar-refractivity contribution in [1.29, 1.82) is 0 Å². The monoisotopic (exact) mass is 366 g/mol. The minimum atomic E-state index is -2.91. The Labute approximate surface area is 143 Å². The summed E-state index contributed by atoms with van der Waals surface area (Å²) in [6.07, 6.45) is 2.20. The van der Waals surface area contributed by atoms with Crippen LogP contribution in [0.5, 0.6) is 0 Å². The molecule has 1 N–H and O–H groups in total. The molecule has 0 aromatic heterocycles. The molecule has 0 heterocycles. The van der Waals surface area contributed by atoms with Crippen LogP contribution in [-0.4, -0.2) is 17.0 Å². The van der Waals surface area contributed by atoms with Crippen LogP contribution < -0.4 is 0 Å². The number of carbonyl (C=O) groups excluding carboxylic acids is 1. The van der Waals surface area contributed by atoms with Gasteiger partial charge < -0.3 is 9.84 Å². The van der Waals surface area contributed by atoms with Gasteiger partial charge in [0.15, 0.2) is 0 Å². The number of ether oxygens (including phenoxy) is 1. The van der Waals surface area contributed by atoms with Crippen molar-refractivity contribution in [1.82, 2.24) is 0 Å². The number of rotatable bonds is 2. The Morgan fingerprint density at radius 1 is 1.00 bits per heavy atom. The summed E-state index contributed by atoms with van der Waals surface area (Å²) in [5.74, 6) is 1.42. The van der Waals surface area contributed by atoms with Gasteiger partial charge in [-0.2, -0.15) is 17.6 Å². The summed E-state index contributed by atoms with van der Waals surface area (Å²) in [7, 11) is 0. The normalized spacial score (nSPS) is 30.8. The summed E-state index contributed by atoms with van der Waals surface area (Å²) >= 11 is 0. The van der Waals surface area contributed by atoms with E-state index in [1.54, 1.807) is 0 Å². The van der Waals surface area contributed by atoms with Gasteiger partial charge in [0.25, 0.3) is 0 Å². The minimum Gasteiger partial charge on any atom is -0.481 e. The van der Waals surface area contributed by atoms with E-state index in [9.17, 15) is 32.3 Å². The van der Waals surface area contributed by atoms with Gasteiger partial charge in [-0.15, -0.1) is 0 Å². The standard InChI is InChI=1S/C11H16O2.C4H6O2.C2F4/c12-10(13)11-4-7-1-8(5-11)3-9(2-7)6-11;1-3-6-4(2)5;3-1(4)2(5)6/h7-9H,1-6H2,(H,12,13);3H,1H2,2H3;. The van der Waals surface area contributed by atoms with Crippen molar-refractivity contribution < 1.29 is 37.0 Å². The van der Waals surface area contributed by atoms with Crippen molar-refractivity contribution >= 4 is 11.9 Å². The van der Waals surface area contributed by atoms with Crippen LogP contribution in [-0.2, 0) is 14.3 Å². The zero-order valence-corrected chi connectivity index (χ0v) is 13.9. The number of hydrogen-bond donors (Lipinski definition) is 1. The Morgan fingerprint density at radius 3 is 1.52 bits per heavy atom. The number of esters is 1. The largest absolute Gasteiger partial charge is 0.481 e. The first kappa shape index (κ1) is 21.2. The maximum Gasteiger partial charge on any atom is 0.334 e. The van der Waals surface area contributed by atoms with E-state index in [0.717, 1.165) is 43.3 Å². The van der Waals surface area contributed by atoms with Crippen LogP contribution in [0, 0.1) is 23.2 Å². The van der Waals surface area contributed by atoms with Crippen molar-refractivity contribution in [2.24, 2.45) is 23.2 Å². The fourth-order valence-electron chi connectivity index (χ4n) is 4.49. The summed E-state index contributed by atoms with van der Waals surface area (Å²) in [5.41, 5.74) is -0.283. The maximum atomic E-state index is 11.3. The van der Waals surface area contributed by atoms with Crippen molar-refractivity contribution in [3.63, 3.8) is 0 Å². The molecule has 8 heteroatoms. The topological polar surface area (TPSA) is 63.6 Å². The van der Waals surface area contributed by atoms with Gasteiger partial charge in [0.05, 0.1) is 11.7 Å². The van der Waals surface area contributed by atoms with E-state index in [1.165, 1.54) is 26.2 Å². The van der Waals surface area contributed by atoms with E-state index in [4.69, 9.17) is 0 Å². The molecule has 4 saturated carbocycles. The van der Waals surface area contributed by atoms with E-state index >= 15 is 0 Å². The van der Waals surface area contributed by atoms with E-state index in [2.05, 4.69) is 11.3 Å². The highest BCUT2D eigenvalue weighted by Gasteiger charge is 2.54. The maximum absolute atomic E-state index is 11.3. The van der Waals surface area contributed by atoms with Gasteiger partial charge in [0.1, 0.15) is 0 Å². The molecule has 4 fully saturated rings. The summed E-state index contributed by atoms with van der Waals surface area (Å²) in [5, 5.41) is 9.28. The first-order valence-corrected chi connectivity index (χ1v) is 7.97. The lowest BCUT2D eigenvalue weighted by atomic mass is 9.49. The van der Waals surface area contributed by atoms with Crippen molar-refractivity contribution in [3.05, 3.63) is 25.0 Å². The highest BCUT2D eigenvalue weighted by Crippen LogP contribution is 2.59. The zero-order chi connectivity index (χ0) is 19.2. The van der Waals surface area contributed by atoms with Crippen LogP contribution in [0.1, 0.15) is 45.4 Å². The molecular formula is C17H22F4O4. The van der Waals surface area contributed by atoms with Gasteiger partial charge >= 0.3 is 24.1 Å². The third-order valence-electron chi connectivity index (χ3n) is 4.88. The Kier molecular flexibility index (Phi) is 7.63. The smallest absolute Gasteiger partial charge is 0.334 e. The SMILES string of the molecule is C=COC(C)=O.FC(F)=C(F)F.O=C(O)C12CC3CC(CC(C3)C1)C2. The molecule has 0 atom stereocenters. The third kappa shape index (κ3) is 6.17. The molecular weight excluding hydrogens is 344 g/mol. The minimum absolute atomic E-state index is 0.283. The highest BCUT2D eigenvalue weighted by molar-refractivity contribution is 5.75. The molecule has 4 nitrogen and oxygen atoms in total. The third-order valence-corrected chi connectivity index (χ3v) is 4.88. The van der Waals surface area contributed by atoms with E-state index < -0.39 is 18.1 Å². The predicted molar refractivity (Wildman–Crippen MR) is 81.7 cm³/mol. The summed E-state index contributed by atoms with van der Waals surface area (Å²) < 4.78 is 45.3. The van der Waals surface area contributed by atoms with Crippen molar-refractivity contribution in [2.75, 3.05) is 0 Å². The fraction of sp³-hybridized carbons (Fsp3) is 0.647. The molecule has 0 saturated heterocycles. The lowest BCUT2D eigenvalue weighted by Crippen LogP contribution is -2.49. The summed E-state index contributed by atoms with van der Waals surface area (Å²) in [6, 6.07) is 0. The van der Waals surface area contributed by atoms with Gasteiger partial charge in [0.2, 0.25) is 0 Å². The fourth-order valence-corrected chi connectivity index (χ4v) is 4.49. The molecule has 0 amide bonds. The first-order chi connectivity index (χ1) is 11.6. The van der Waals surface area contributed by atoms with Gasteiger partial charge in [0, 0.05) is 6.92 Å². The summed E-state index contributed by atoms with van der Waals surface area (Å²) in [6.45, 7) is 4.48. The molecule has 25 heavy (non-hydrogen) atoms. The average Bonchev–Trinajstić information content (AvgIpc) is 2.46. The lowest BCUT2D eigenvalue weighted by Gasteiger charge is -2.54. The van der Waals surface area contributed by atoms with E-state index in [0.29, 0.717) is 0 Å². The van der Waals surface area contributed by atoms with Crippen molar-refractivity contribution in [3.8, 4) is 0 Å². The lowest BCUT2D eigenvalue weighted by molar-refractivity contribution is -0.164. The second kappa shape index (κ2) is 9.01. The number of carboxylic acid groups (broad SMARTS) is 1. The molecule has 4 aliphatic carbocycles. The predicted octanol–water partition coefficient (Wildman–Crippen LogP) is 4.97. The Morgan fingerprint density at radius 2 is 1.36 bits per heavy atom. The molecule has 4 bridgehead atoms. The second-order valence-electron chi connectivity index (χ2n) is 6.80. The van der Waals surface area contributed by atoms with Gasteiger partial charge in [-0.05, 0) is 56.3 Å². The van der Waals surface area contributed by atoms with Gasteiger partial charge in [-0.3, -0.25) is 9.59 Å². The Hall–Kier alpha value is -1.86. The van der Waals surface area contributed by atoms with Crippen LogP contribution in [0.4, 0.5) is 17.6 Å². The number of hydrogen-bond acceptors (Lipinski definition) is 3. The average molecular weight is 366 g/mol. The van der Waals surface area contributed by atoms with E-state index in [1.807, 2.05) is 0 Å². The summed E-state index contributed by atoms with van der Waals surface area (Å²) in [4.78, 5) is 21.0. The van der Waals surface area contributed by atoms with Crippen LogP contribution in [0.3, 0.4) is 0 Å². The quantitative estimate of drug-likeness (QED) is 0.426. The number of carbonyl (C=O) groups is 2. The molecule has 4 rings (SSSR count). The second-order valence-corrected chi connectivity index (χ2v) is 6.80. The molecule has 0 aromatic rings. The Bertz CT molecular complexity index is 491. The van der Waals surface area contributed by atoms with Gasteiger partial charge in [-0.1, -0.05) is 6.58 Å². The number of halogens is 4. The van der Waals surface area contributed by atoms with Crippen LogP contribution in [0.25, 0.3) is 0 Å². The first-order valence-electron chi connectivity index (χ1n) is 7.97. The zero-order valence-electron chi connectivity index (χ0n) is 13.9. The number of aliphatic carboxylic acids is 1. The molecule has 0 unspecified atom stereocenters. The van der Waals surface area contributed by atoms with Crippen LogP contribution >= 0.6 is 0 Å². The highest BCUT2D eigenvalue weighted by atomic mass is 19.3. The van der Waals surface area contributed by atoms with Crippen molar-refractivity contribution in [2.45, 2.75) is 45.4 Å². The van der Waals surface area contributed by atoms with Crippen LogP contribution in [0.15, 0.2) is 25.0 Å². The van der Waals surface area contributed by atoms with E-state index in [-0.39, 0.29) is 11.4 Å². The molecule has 0 radical (unpaired) electrons. The molecule has 0 spiro atoms. The number of carboxylic acids is 1. The van der Waals surface area contributed by atoms with Gasteiger partial charge in [-0.25, -0.2) is 0 Å². The molecule has 142 valence electrons. The molecule has 4 aliphatic rings. The molecule has 0 aromatic carbocycles.